The zero-order valence-corrected chi connectivity index (χ0v) is 11.7. The summed E-state index contributed by atoms with van der Waals surface area (Å²) in [5.74, 6) is 0.476. The molecule has 1 aromatic heterocycles. The fourth-order valence-corrected chi connectivity index (χ4v) is 3.37. The first-order valence-corrected chi connectivity index (χ1v) is 7.48. The number of benzene rings is 1. The van der Waals surface area contributed by atoms with Crippen molar-refractivity contribution in [3.8, 4) is 0 Å². The highest BCUT2D eigenvalue weighted by Crippen LogP contribution is 2.36. The molecule has 0 saturated heterocycles. The van der Waals surface area contributed by atoms with Crippen LogP contribution in [0.15, 0.2) is 34.1 Å². The van der Waals surface area contributed by atoms with E-state index in [1.807, 2.05) is 36.6 Å². The number of aliphatic imine (C=N–C) groups is 1. The highest BCUT2D eigenvalue weighted by molar-refractivity contribution is 6.21. The smallest absolute Gasteiger partial charge is 0.271 e. The van der Waals surface area contributed by atoms with E-state index in [-0.39, 0.29) is 5.56 Å². The number of rotatable bonds is 2. The lowest BCUT2D eigenvalue weighted by Gasteiger charge is -2.07. The molecule has 4 heteroatoms. The molecular formula is C17H17N3O. The number of hydrogen-bond donors (Lipinski definition) is 2. The maximum atomic E-state index is 12.1. The summed E-state index contributed by atoms with van der Waals surface area (Å²) < 4.78 is 0. The van der Waals surface area contributed by atoms with Crippen LogP contribution in [-0.2, 0) is 0 Å². The molecule has 1 aliphatic carbocycles. The molecule has 0 bridgehead atoms. The van der Waals surface area contributed by atoms with Crippen molar-refractivity contribution >= 4 is 23.6 Å². The standard InChI is InChI=1S/C17H17N3O/c21-17-14(16(19-20-17)11-5-1-2-6-11)9-12-10-18-15-8-4-3-7-13(12)15/h3-4,7-11H,1-2,5-6H2,(H2,19,20,21)/b12-9-. The average Bonchev–Trinajstić information content (AvgIpc) is 3.21. The summed E-state index contributed by atoms with van der Waals surface area (Å²) in [6.45, 7) is 0. The lowest BCUT2D eigenvalue weighted by atomic mass is 9.98. The van der Waals surface area contributed by atoms with Gasteiger partial charge in [0.15, 0.2) is 0 Å². The van der Waals surface area contributed by atoms with Crippen molar-refractivity contribution < 1.29 is 0 Å². The number of fused-ring (bicyclic) bond motifs is 1. The Bertz CT molecular complexity index is 788. The summed E-state index contributed by atoms with van der Waals surface area (Å²) in [6.07, 6.45) is 8.63. The molecule has 4 nitrogen and oxygen atoms in total. The van der Waals surface area contributed by atoms with Crippen molar-refractivity contribution in [3.05, 3.63) is 51.4 Å². The van der Waals surface area contributed by atoms with Gasteiger partial charge in [0.2, 0.25) is 0 Å². The van der Waals surface area contributed by atoms with Gasteiger partial charge in [0.05, 0.1) is 11.3 Å². The number of allylic oxidation sites excluding steroid dienone is 1. The van der Waals surface area contributed by atoms with Gasteiger partial charge < -0.3 is 5.10 Å². The summed E-state index contributed by atoms with van der Waals surface area (Å²) in [5, 5.41) is 5.83. The molecule has 0 amide bonds. The van der Waals surface area contributed by atoms with Gasteiger partial charge in [0.1, 0.15) is 0 Å². The normalized spacial score (nSPS) is 19.5. The van der Waals surface area contributed by atoms with Crippen LogP contribution in [-0.4, -0.2) is 16.4 Å². The Hall–Kier alpha value is -2.36. The Balaban J connectivity index is 1.79. The minimum Gasteiger partial charge on any atom is -0.301 e. The average molecular weight is 279 g/mol. The van der Waals surface area contributed by atoms with E-state index in [2.05, 4.69) is 15.2 Å². The van der Waals surface area contributed by atoms with Gasteiger partial charge in [-0.15, -0.1) is 0 Å². The van der Waals surface area contributed by atoms with E-state index >= 15 is 0 Å². The van der Waals surface area contributed by atoms with E-state index in [4.69, 9.17) is 0 Å². The first-order valence-electron chi connectivity index (χ1n) is 7.48. The van der Waals surface area contributed by atoms with Crippen LogP contribution in [0.2, 0.25) is 0 Å². The quantitative estimate of drug-likeness (QED) is 0.866. The molecule has 2 aromatic rings. The second-order valence-corrected chi connectivity index (χ2v) is 5.76. The van der Waals surface area contributed by atoms with Crippen molar-refractivity contribution in [2.45, 2.75) is 31.6 Å². The molecule has 0 radical (unpaired) electrons. The Morgan fingerprint density at radius 1 is 1.14 bits per heavy atom. The molecule has 0 unspecified atom stereocenters. The van der Waals surface area contributed by atoms with Gasteiger partial charge in [-0.2, -0.15) is 0 Å². The topological polar surface area (TPSA) is 61.0 Å². The van der Waals surface area contributed by atoms with Crippen molar-refractivity contribution in [3.63, 3.8) is 0 Å². The Labute approximate surface area is 122 Å². The molecule has 2 aliphatic rings. The van der Waals surface area contributed by atoms with Crippen LogP contribution in [0, 0.1) is 0 Å². The molecular weight excluding hydrogens is 262 g/mol. The third-order valence-electron chi connectivity index (χ3n) is 4.47. The van der Waals surface area contributed by atoms with E-state index in [1.165, 1.54) is 12.8 Å². The van der Waals surface area contributed by atoms with Crippen LogP contribution in [0.3, 0.4) is 0 Å². The molecule has 106 valence electrons. The number of nitrogens with zero attached hydrogens (tertiary/aromatic N) is 1. The molecule has 2 N–H and O–H groups in total. The Morgan fingerprint density at radius 2 is 1.95 bits per heavy atom. The first-order chi connectivity index (χ1) is 10.3. The maximum Gasteiger partial charge on any atom is 0.271 e. The van der Waals surface area contributed by atoms with Gasteiger partial charge in [-0.1, -0.05) is 31.0 Å². The fraction of sp³-hybridized carbons (Fsp3) is 0.294. The number of para-hydroxylation sites is 1. The highest BCUT2D eigenvalue weighted by atomic mass is 16.1. The van der Waals surface area contributed by atoms with Crippen LogP contribution < -0.4 is 5.56 Å². The van der Waals surface area contributed by atoms with Crippen molar-refractivity contribution in [1.29, 1.82) is 0 Å². The Kier molecular flexibility index (Phi) is 2.88. The lowest BCUT2D eigenvalue weighted by molar-refractivity contribution is 0.692. The minimum atomic E-state index is -0.0396. The van der Waals surface area contributed by atoms with Crippen LogP contribution in [0.5, 0.6) is 0 Å². The molecule has 4 rings (SSSR count). The number of nitrogens with one attached hydrogen (secondary N) is 2. The zero-order chi connectivity index (χ0) is 14.2. The molecule has 0 atom stereocenters. The van der Waals surface area contributed by atoms with Crippen LogP contribution in [0.1, 0.15) is 48.4 Å². The number of aromatic amines is 2. The fourth-order valence-electron chi connectivity index (χ4n) is 3.37. The second-order valence-electron chi connectivity index (χ2n) is 5.76. The van der Waals surface area contributed by atoms with Crippen LogP contribution in [0.25, 0.3) is 11.6 Å². The Morgan fingerprint density at radius 3 is 2.81 bits per heavy atom. The van der Waals surface area contributed by atoms with Crippen LogP contribution in [0.4, 0.5) is 5.69 Å². The summed E-state index contributed by atoms with van der Waals surface area (Å²) >= 11 is 0. The summed E-state index contributed by atoms with van der Waals surface area (Å²) in [7, 11) is 0. The number of hydrogen-bond acceptors (Lipinski definition) is 2. The minimum absolute atomic E-state index is 0.0396. The van der Waals surface area contributed by atoms with E-state index in [0.29, 0.717) is 5.92 Å². The predicted octanol–water partition coefficient (Wildman–Crippen LogP) is 3.62. The summed E-state index contributed by atoms with van der Waals surface area (Å²) in [4.78, 5) is 16.5. The van der Waals surface area contributed by atoms with Gasteiger partial charge >= 0.3 is 0 Å². The number of aromatic nitrogens is 2. The third kappa shape index (κ3) is 2.07. The van der Waals surface area contributed by atoms with Crippen LogP contribution >= 0.6 is 0 Å². The molecule has 1 aromatic carbocycles. The molecule has 1 saturated carbocycles. The summed E-state index contributed by atoms with van der Waals surface area (Å²) in [6, 6.07) is 8.02. The molecule has 1 fully saturated rings. The van der Waals surface area contributed by atoms with E-state index in [9.17, 15) is 4.79 Å². The molecule has 0 spiro atoms. The zero-order valence-electron chi connectivity index (χ0n) is 11.7. The maximum absolute atomic E-state index is 12.1. The van der Waals surface area contributed by atoms with Crippen molar-refractivity contribution in [2.24, 2.45) is 4.99 Å². The van der Waals surface area contributed by atoms with Gasteiger partial charge in [-0.3, -0.25) is 14.9 Å². The van der Waals surface area contributed by atoms with E-state index < -0.39 is 0 Å². The lowest BCUT2D eigenvalue weighted by Crippen LogP contribution is -2.04. The molecule has 2 heterocycles. The molecule has 1 aliphatic heterocycles. The highest BCUT2D eigenvalue weighted by Gasteiger charge is 2.23. The third-order valence-corrected chi connectivity index (χ3v) is 4.47. The first kappa shape index (κ1) is 12.4. The van der Waals surface area contributed by atoms with Gasteiger partial charge in [-0.05, 0) is 25.0 Å². The van der Waals surface area contributed by atoms with E-state index in [0.717, 1.165) is 40.9 Å². The second kappa shape index (κ2) is 4.88. The predicted molar refractivity (Wildman–Crippen MR) is 85.1 cm³/mol. The van der Waals surface area contributed by atoms with Crippen molar-refractivity contribution in [2.75, 3.05) is 0 Å². The van der Waals surface area contributed by atoms with Gasteiger partial charge in [0.25, 0.3) is 5.56 Å². The largest absolute Gasteiger partial charge is 0.301 e. The molecule has 21 heavy (non-hydrogen) atoms. The monoisotopic (exact) mass is 279 g/mol. The SMILES string of the molecule is O=c1[nH][nH]c(C2CCCC2)c1/C=C1/C=Nc2ccccc21. The van der Waals surface area contributed by atoms with Crippen molar-refractivity contribution in [1.82, 2.24) is 10.2 Å². The van der Waals surface area contributed by atoms with Gasteiger partial charge in [0, 0.05) is 29.0 Å². The number of H-pyrrole nitrogens is 2. The summed E-state index contributed by atoms with van der Waals surface area (Å²) in [5.41, 5.74) is 4.86. The van der Waals surface area contributed by atoms with Gasteiger partial charge in [-0.25, -0.2) is 0 Å². The van der Waals surface area contributed by atoms with E-state index in [1.54, 1.807) is 0 Å².